The van der Waals surface area contributed by atoms with Gasteiger partial charge < -0.3 is 11.1 Å². The molecule has 1 aliphatic carbocycles. The predicted molar refractivity (Wildman–Crippen MR) is 83.3 cm³/mol. The highest BCUT2D eigenvalue weighted by molar-refractivity contribution is 7.89. The van der Waals surface area contributed by atoms with E-state index in [0.717, 1.165) is 17.1 Å². The van der Waals surface area contributed by atoms with Gasteiger partial charge in [0.05, 0.1) is 11.4 Å². The number of rotatable bonds is 6. The number of sulfonamides is 1. The fraction of sp³-hybridized carbons (Fsp3) is 0.385. The monoisotopic (exact) mass is 327 g/mol. The lowest BCUT2D eigenvalue weighted by molar-refractivity contribution is -0.121. The van der Waals surface area contributed by atoms with Crippen molar-refractivity contribution in [1.29, 1.82) is 0 Å². The number of amides is 1. The molecule has 0 radical (unpaired) electrons. The van der Waals surface area contributed by atoms with E-state index in [2.05, 4.69) is 5.32 Å². The summed E-state index contributed by atoms with van der Waals surface area (Å²) in [4.78, 5) is 11.8. The summed E-state index contributed by atoms with van der Waals surface area (Å²) < 4.78 is 26.1. The first-order chi connectivity index (χ1) is 9.82. The van der Waals surface area contributed by atoms with Gasteiger partial charge in [-0.2, -0.15) is 4.31 Å². The summed E-state index contributed by atoms with van der Waals surface area (Å²) in [6, 6.07) is 6.42. The highest BCUT2D eigenvalue weighted by atomic mass is 32.2. The van der Waals surface area contributed by atoms with Crippen molar-refractivity contribution in [3.63, 3.8) is 0 Å². The lowest BCUT2D eigenvalue weighted by Crippen LogP contribution is -2.39. The van der Waals surface area contributed by atoms with Crippen LogP contribution in [0.2, 0.25) is 0 Å². The van der Waals surface area contributed by atoms with E-state index in [1.807, 2.05) is 0 Å². The van der Waals surface area contributed by atoms with Crippen LogP contribution in [0, 0.1) is 0 Å². The zero-order valence-electron chi connectivity index (χ0n) is 11.6. The molecule has 1 aromatic rings. The van der Waals surface area contributed by atoms with Crippen LogP contribution in [-0.4, -0.2) is 43.3 Å². The second-order valence-electron chi connectivity index (χ2n) is 4.96. The average Bonchev–Trinajstić information content (AvgIpc) is 3.22. The molecule has 1 saturated carbocycles. The summed E-state index contributed by atoms with van der Waals surface area (Å²) in [6.07, 6.45) is 1.90. The maximum atomic E-state index is 12.5. The minimum atomic E-state index is -3.82. The number of hydrogen-bond acceptors (Lipinski definition) is 4. The van der Waals surface area contributed by atoms with E-state index in [4.69, 9.17) is 18.0 Å². The molecule has 0 heterocycles. The molecule has 6 nitrogen and oxygen atoms in total. The molecule has 0 spiro atoms. The quantitative estimate of drug-likeness (QED) is 0.729. The molecular formula is C13H17N3O3S2. The topological polar surface area (TPSA) is 92.5 Å². The van der Waals surface area contributed by atoms with Gasteiger partial charge in [-0.15, -0.1) is 0 Å². The van der Waals surface area contributed by atoms with Crippen molar-refractivity contribution in [3.05, 3.63) is 29.8 Å². The van der Waals surface area contributed by atoms with E-state index in [0.29, 0.717) is 0 Å². The van der Waals surface area contributed by atoms with Gasteiger partial charge in [0.15, 0.2) is 0 Å². The van der Waals surface area contributed by atoms with Gasteiger partial charge in [0, 0.05) is 18.7 Å². The SMILES string of the molecule is CN(CC(=O)NC1CC1)S(=O)(=O)c1ccccc1C(N)=S. The average molecular weight is 327 g/mol. The molecule has 1 amide bonds. The van der Waals surface area contributed by atoms with E-state index in [1.165, 1.54) is 13.1 Å². The summed E-state index contributed by atoms with van der Waals surface area (Å²) >= 11 is 4.87. The van der Waals surface area contributed by atoms with Crippen molar-refractivity contribution in [2.24, 2.45) is 5.73 Å². The summed E-state index contributed by atoms with van der Waals surface area (Å²) in [5, 5.41) is 2.75. The Kier molecular flexibility index (Phi) is 4.60. The minimum Gasteiger partial charge on any atom is -0.389 e. The number of benzene rings is 1. The highest BCUT2D eigenvalue weighted by Crippen LogP contribution is 2.20. The number of nitrogens with zero attached hydrogens (tertiary/aromatic N) is 1. The number of hydrogen-bond donors (Lipinski definition) is 2. The Bertz CT molecular complexity index is 669. The third-order valence-electron chi connectivity index (χ3n) is 3.15. The first-order valence-corrected chi connectivity index (χ1v) is 8.31. The normalized spacial score (nSPS) is 15.0. The zero-order chi connectivity index (χ0) is 15.6. The molecule has 0 saturated heterocycles. The fourth-order valence-corrected chi connectivity index (χ4v) is 3.42. The first-order valence-electron chi connectivity index (χ1n) is 6.47. The molecule has 0 aromatic heterocycles. The van der Waals surface area contributed by atoms with Crippen LogP contribution in [0.4, 0.5) is 0 Å². The molecule has 0 bridgehead atoms. The van der Waals surface area contributed by atoms with Crippen molar-refractivity contribution < 1.29 is 13.2 Å². The third kappa shape index (κ3) is 3.78. The van der Waals surface area contributed by atoms with Gasteiger partial charge in [0.2, 0.25) is 15.9 Å². The van der Waals surface area contributed by atoms with E-state index < -0.39 is 10.0 Å². The second-order valence-corrected chi connectivity index (χ2v) is 7.42. The lowest BCUT2D eigenvalue weighted by atomic mass is 10.2. The molecule has 1 aliphatic rings. The molecule has 21 heavy (non-hydrogen) atoms. The van der Waals surface area contributed by atoms with Crippen LogP contribution in [0.1, 0.15) is 18.4 Å². The van der Waals surface area contributed by atoms with Gasteiger partial charge in [0.25, 0.3) is 0 Å². The van der Waals surface area contributed by atoms with Gasteiger partial charge in [-0.05, 0) is 18.9 Å². The van der Waals surface area contributed by atoms with Gasteiger partial charge in [-0.1, -0.05) is 30.4 Å². The van der Waals surface area contributed by atoms with Crippen molar-refractivity contribution in [2.45, 2.75) is 23.8 Å². The molecular weight excluding hydrogens is 310 g/mol. The predicted octanol–water partition coefficient (Wildman–Crippen LogP) is 0.220. The van der Waals surface area contributed by atoms with E-state index >= 15 is 0 Å². The van der Waals surface area contributed by atoms with Crippen LogP contribution in [0.15, 0.2) is 29.2 Å². The number of carbonyl (C=O) groups excluding carboxylic acids is 1. The fourth-order valence-electron chi connectivity index (χ4n) is 1.85. The number of carbonyl (C=O) groups is 1. The van der Waals surface area contributed by atoms with Crippen molar-refractivity contribution in [1.82, 2.24) is 9.62 Å². The molecule has 0 atom stereocenters. The molecule has 0 aliphatic heterocycles. The maximum Gasteiger partial charge on any atom is 0.243 e. The van der Waals surface area contributed by atoms with Gasteiger partial charge in [-0.25, -0.2) is 8.42 Å². The molecule has 8 heteroatoms. The Morgan fingerprint density at radius 3 is 2.62 bits per heavy atom. The molecule has 2 rings (SSSR count). The number of thiocarbonyl (C=S) groups is 1. The van der Waals surface area contributed by atoms with E-state index in [-0.39, 0.29) is 33.9 Å². The van der Waals surface area contributed by atoms with E-state index in [1.54, 1.807) is 18.2 Å². The van der Waals surface area contributed by atoms with Crippen LogP contribution in [-0.2, 0) is 14.8 Å². The van der Waals surface area contributed by atoms with Crippen LogP contribution in [0.3, 0.4) is 0 Å². The molecule has 0 unspecified atom stereocenters. The van der Waals surface area contributed by atoms with Crippen LogP contribution in [0.5, 0.6) is 0 Å². The van der Waals surface area contributed by atoms with Crippen molar-refractivity contribution in [2.75, 3.05) is 13.6 Å². The largest absolute Gasteiger partial charge is 0.389 e. The second kappa shape index (κ2) is 6.08. The van der Waals surface area contributed by atoms with Crippen molar-refractivity contribution >= 4 is 33.1 Å². The van der Waals surface area contributed by atoms with Gasteiger partial charge in [0.1, 0.15) is 4.99 Å². The zero-order valence-corrected chi connectivity index (χ0v) is 13.2. The van der Waals surface area contributed by atoms with Crippen LogP contribution >= 0.6 is 12.2 Å². The third-order valence-corrected chi connectivity index (χ3v) is 5.23. The maximum absolute atomic E-state index is 12.5. The summed E-state index contributed by atoms with van der Waals surface area (Å²) in [5.41, 5.74) is 5.84. The van der Waals surface area contributed by atoms with Crippen molar-refractivity contribution in [3.8, 4) is 0 Å². The summed E-state index contributed by atoms with van der Waals surface area (Å²) in [7, 11) is -2.46. The summed E-state index contributed by atoms with van der Waals surface area (Å²) in [5.74, 6) is -0.309. The summed E-state index contributed by atoms with van der Waals surface area (Å²) in [6.45, 7) is -0.232. The highest BCUT2D eigenvalue weighted by Gasteiger charge is 2.28. The Balaban J connectivity index is 2.20. The number of nitrogens with one attached hydrogen (secondary N) is 1. The lowest BCUT2D eigenvalue weighted by Gasteiger charge is -2.18. The molecule has 114 valence electrons. The molecule has 3 N–H and O–H groups in total. The Labute approximate surface area is 129 Å². The minimum absolute atomic E-state index is 0.00464. The first kappa shape index (κ1) is 15.9. The number of nitrogens with two attached hydrogens (primary N) is 1. The smallest absolute Gasteiger partial charge is 0.243 e. The Hall–Kier alpha value is -1.51. The molecule has 1 fully saturated rings. The Morgan fingerprint density at radius 2 is 2.05 bits per heavy atom. The standard InChI is InChI=1S/C13H17N3O3S2/c1-16(8-12(17)15-9-6-7-9)21(18,19)11-5-3-2-4-10(11)13(14)20/h2-5,9H,6-8H2,1H3,(H2,14,20)(H,15,17). The van der Waals surface area contributed by atoms with E-state index in [9.17, 15) is 13.2 Å². The molecule has 1 aromatic carbocycles. The van der Waals surface area contributed by atoms with Crippen LogP contribution < -0.4 is 11.1 Å². The Morgan fingerprint density at radius 1 is 1.43 bits per heavy atom. The number of likely N-dealkylation sites (N-methyl/N-ethyl adjacent to an activating group) is 1. The van der Waals surface area contributed by atoms with Gasteiger partial charge in [-0.3, -0.25) is 4.79 Å². The van der Waals surface area contributed by atoms with Gasteiger partial charge >= 0.3 is 0 Å². The van der Waals surface area contributed by atoms with Crippen LogP contribution in [0.25, 0.3) is 0 Å².